The summed E-state index contributed by atoms with van der Waals surface area (Å²) in [5.74, 6) is -4.00. The molecule has 4 nitrogen and oxygen atoms in total. The number of nitrogens with zero attached hydrogens (tertiary/aromatic N) is 3. The molecule has 1 aliphatic carbocycles. The Morgan fingerprint density at radius 2 is 1.79 bits per heavy atom. The molecule has 10 heteroatoms. The number of hydrogen-bond donors (Lipinski definition) is 0. The van der Waals surface area contributed by atoms with Gasteiger partial charge in [-0.2, -0.15) is 13.2 Å². The maximum atomic E-state index is 13.9. The summed E-state index contributed by atoms with van der Waals surface area (Å²) in [6, 6.07) is 1.95. The van der Waals surface area contributed by atoms with Crippen molar-refractivity contribution in [2.75, 3.05) is 0 Å². The van der Waals surface area contributed by atoms with Crippen molar-refractivity contribution >= 4 is 5.65 Å². The third kappa shape index (κ3) is 3.75. The van der Waals surface area contributed by atoms with Gasteiger partial charge in [-0.1, -0.05) is 0 Å². The van der Waals surface area contributed by atoms with Crippen LogP contribution in [0.2, 0.25) is 0 Å². The van der Waals surface area contributed by atoms with Crippen LogP contribution in [0.5, 0.6) is 5.75 Å². The molecule has 29 heavy (non-hydrogen) atoms. The highest BCUT2D eigenvalue weighted by Crippen LogP contribution is 2.40. The first-order chi connectivity index (χ1) is 13.6. The van der Waals surface area contributed by atoms with Gasteiger partial charge >= 0.3 is 6.18 Å². The summed E-state index contributed by atoms with van der Waals surface area (Å²) >= 11 is 0. The summed E-state index contributed by atoms with van der Waals surface area (Å²) in [5.41, 5.74) is -1.86. The number of hydrogen-bond acceptors (Lipinski definition) is 3. The van der Waals surface area contributed by atoms with Gasteiger partial charge in [-0.3, -0.25) is 4.40 Å². The highest BCUT2D eigenvalue weighted by atomic mass is 19.4. The lowest BCUT2D eigenvalue weighted by Gasteiger charge is -2.21. The fraction of sp³-hybridized carbons (Fsp3) is 0.368. The van der Waals surface area contributed by atoms with E-state index in [1.165, 1.54) is 23.6 Å². The van der Waals surface area contributed by atoms with Gasteiger partial charge in [0.05, 0.1) is 0 Å². The van der Waals surface area contributed by atoms with Gasteiger partial charge in [0.1, 0.15) is 23.3 Å². The lowest BCUT2D eigenvalue weighted by molar-refractivity contribution is -0.138. The lowest BCUT2D eigenvalue weighted by Crippen LogP contribution is -2.17. The zero-order chi connectivity index (χ0) is 20.9. The van der Waals surface area contributed by atoms with Crippen LogP contribution in [0.1, 0.15) is 42.8 Å². The number of rotatable bonds is 5. The number of fused-ring (bicyclic) bond motifs is 1. The van der Waals surface area contributed by atoms with Crippen molar-refractivity contribution in [3.8, 4) is 5.75 Å². The third-order valence-electron chi connectivity index (χ3n) is 4.83. The lowest BCUT2D eigenvalue weighted by atomic mass is 10.0. The predicted octanol–water partition coefficient (Wildman–Crippen LogP) is 5.26. The van der Waals surface area contributed by atoms with Crippen molar-refractivity contribution in [1.29, 1.82) is 0 Å². The van der Waals surface area contributed by atoms with Gasteiger partial charge in [-0.25, -0.2) is 13.2 Å². The molecule has 1 aromatic carbocycles. The van der Waals surface area contributed by atoms with Gasteiger partial charge in [-0.05, 0) is 31.7 Å². The summed E-state index contributed by atoms with van der Waals surface area (Å²) < 4.78 is 88.7. The van der Waals surface area contributed by atoms with Crippen molar-refractivity contribution in [2.45, 2.75) is 38.5 Å². The van der Waals surface area contributed by atoms with E-state index < -0.39 is 46.7 Å². The van der Waals surface area contributed by atoms with Crippen LogP contribution >= 0.6 is 0 Å². The molecular weight excluding hydrogens is 400 g/mol. The quantitative estimate of drug-likeness (QED) is 0.534. The SMILES string of the molecule is CC(Oc1c(F)cc(F)cc1F)c1ccn2c(CC3CC3)nnc2c1C(F)(F)F. The topological polar surface area (TPSA) is 39.4 Å². The second-order valence-corrected chi connectivity index (χ2v) is 7.06. The van der Waals surface area contributed by atoms with Gasteiger partial charge < -0.3 is 4.74 Å². The van der Waals surface area contributed by atoms with Gasteiger partial charge in [0, 0.05) is 30.3 Å². The molecule has 0 bridgehead atoms. The van der Waals surface area contributed by atoms with Crippen LogP contribution in [0.15, 0.2) is 24.4 Å². The van der Waals surface area contributed by atoms with Gasteiger partial charge in [0.15, 0.2) is 23.0 Å². The maximum Gasteiger partial charge on any atom is 0.420 e. The summed E-state index contributed by atoms with van der Waals surface area (Å²) in [6.45, 7) is 1.21. The minimum atomic E-state index is -4.81. The van der Waals surface area contributed by atoms with Gasteiger partial charge in [0.2, 0.25) is 0 Å². The van der Waals surface area contributed by atoms with E-state index in [2.05, 4.69) is 10.2 Å². The number of halogens is 6. The minimum Gasteiger partial charge on any atom is -0.480 e. The van der Waals surface area contributed by atoms with Crippen molar-refractivity contribution in [3.05, 3.63) is 58.8 Å². The molecule has 3 aromatic rings. The normalized spacial score (nSPS) is 15.7. The van der Waals surface area contributed by atoms with Crippen LogP contribution < -0.4 is 4.74 Å². The summed E-state index contributed by atoms with van der Waals surface area (Å²) in [6.07, 6.45) is -2.30. The van der Waals surface area contributed by atoms with Gasteiger partial charge in [-0.15, -0.1) is 10.2 Å². The molecule has 1 atom stereocenters. The Balaban J connectivity index is 1.76. The first kappa shape index (κ1) is 19.5. The standard InChI is InChI=1S/C19H15F6N3O/c1-9(29-17-13(21)7-11(20)8-14(17)22)12-4-5-28-15(6-10-2-3-10)26-27-18(28)16(12)19(23,24)25/h4-5,7-10H,2-3,6H2,1H3. The van der Waals surface area contributed by atoms with Crippen molar-refractivity contribution in [2.24, 2.45) is 5.92 Å². The Hall–Kier alpha value is -2.78. The fourth-order valence-electron chi connectivity index (χ4n) is 3.25. The van der Waals surface area contributed by atoms with Crippen LogP contribution in [0, 0.1) is 23.4 Å². The average Bonchev–Trinajstić information content (AvgIpc) is 3.35. The number of aromatic nitrogens is 3. The second kappa shape index (κ2) is 6.93. The molecule has 0 spiro atoms. The monoisotopic (exact) mass is 415 g/mol. The van der Waals surface area contributed by atoms with Crippen molar-refractivity contribution in [3.63, 3.8) is 0 Å². The molecule has 1 saturated carbocycles. The zero-order valence-electron chi connectivity index (χ0n) is 15.1. The molecule has 1 fully saturated rings. The average molecular weight is 415 g/mol. The van der Waals surface area contributed by atoms with E-state index in [-0.39, 0.29) is 5.56 Å². The van der Waals surface area contributed by atoms with Crippen LogP contribution in [0.4, 0.5) is 26.3 Å². The molecule has 4 rings (SSSR count). The Kier molecular flexibility index (Phi) is 4.66. The molecule has 1 unspecified atom stereocenters. The molecule has 0 radical (unpaired) electrons. The summed E-state index contributed by atoms with van der Waals surface area (Å²) in [7, 11) is 0. The third-order valence-corrected chi connectivity index (χ3v) is 4.83. The highest BCUT2D eigenvalue weighted by molar-refractivity contribution is 5.54. The van der Waals surface area contributed by atoms with E-state index in [0.29, 0.717) is 30.3 Å². The van der Waals surface area contributed by atoms with E-state index >= 15 is 0 Å². The molecule has 2 aromatic heterocycles. The maximum absolute atomic E-state index is 13.9. The van der Waals surface area contributed by atoms with Crippen LogP contribution in [-0.4, -0.2) is 14.6 Å². The van der Waals surface area contributed by atoms with Crippen LogP contribution in [-0.2, 0) is 12.6 Å². The molecule has 154 valence electrons. The molecular formula is C19H15F6N3O. The Labute approximate surface area is 161 Å². The molecule has 0 aliphatic heterocycles. The van der Waals surface area contributed by atoms with E-state index in [0.717, 1.165) is 12.8 Å². The molecule has 2 heterocycles. The second-order valence-electron chi connectivity index (χ2n) is 7.06. The van der Waals surface area contributed by atoms with Gasteiger partial charge in [0.25, 0.3) is 0 Å². The number of pyridine rings is 1. The Bertz CT molecular complexity index is 1050. The van der Waals surface area contributed by atoms with Crippen LogP contribution in [0.3, 0.4) is 0 Å². The first-order valence-electron chi connectivity index (χ1n) is 8.90. The summed E-state index contributed by atoms with van der Waals surface area (Å²) in [5, 5.41) is 7.58. The van der Waals surface area contributed by atoms with E-state index in [4.69, 9.17) is 4.74 Å². The zero-order valence-corrected chi connectivity index (χ0v) is 15.1. The van der Waals surface area contributed by atoms with E-state index in [9.17, 15) is 26.3 Å². The predicted molar refractivity (Wildman–Crippen MR) is 89.8 cm³/mol. The highest BCUT2D eigenvalue weighted by Gasteiger charge is 2.39. The van der Waals surface area contributed by atoms with Crippen molar-refractivity contribution < 1.29 is 31.1 Å². The largest absolute Gasteiger partial charge is 0.480 e. The number of alkyl halides is 3. The molecule has 0 amide bonds. The van der Waals surface area contributed by atoms with Crippen molar-refractivity contribution in [1.82, 2.24) is 14.6 Å². The van der Waals surface area contributed by atoms with E-state index in [1.807, 2.05) is 0 Å². The smallest absolute Gasteiger partial charge is 0.420 e. The Morgan fingerprint density at radius 3 is 2.38 bits per heavy atom. The molecule has 0 saturated heterocycles. The fourth-order valence-corrected chi connectivity index (χ4v) is 3.25. The van der Waals surface area contributed by atoms with E-state index in [1.54, 1.807) is 0 Å². The molecule has 1 aliphatic rings. The molecule has 0 N–H and O–H groups in total. The minimum absolute atomic E-state index is 0.363. The number of ether oxygens (including phenoxy) is 1. The summed E-state index contributed by atoms with van der Waals surface area (Å²) in [4.78, 5) is 0. The first-order valence-corrected chi connectivity index (χ1v) is 8.90. The van der Waals surface area contributed by atoms with Crippen LogP contribution in [0.25, 0.3) is 5.65 Å². The number of benzene rings is 1. The Morgan fingerprint density at radius 1 is 1.14 bits per heavy atom.